The lowest BCUT2D eigenvalue weighted by atomic mass is 9.33. The number of aliphatic hydroxyl groups is 2. The second-order valence-electron chi connectivity index (χ2n) is 15.2. The smallest absolute Gasteiger partial charge is 0.310 e. The Labute approximate surface area is 206 Å². The minimum Gasteiger partial charge on any atom is -0.481 e. The van der Waals surface area contributed by atoms with Gasteiger partial charge in [0.25, 0.3) is 0 Å². The van der Waals surface area contributed by atoms with Crippen LogP contribution in [0.1, 0.15) is 106 Å². The minimum atomic E-state index is -0.679. The summed E-state index contributed by atoms with van der Waals surface area (Å²) < 4.78 is 0. The van der Waals surface area contributed by atoms with Crippen molar-refractivity contribution >= 4 is 5.97 Å². The molecule has 4 heteroatoms. The lowest BCUT2D eigenvalue weighted by Crippen LogP contribution is -2.67. The molecule has 0 spiro atoms. The molecule has 4 saturated carbocycles. The van der Waals surface area contributed by atoms with Gasteiger partial charge in [-0.2, -0.15) is 0 Å². The van der Waals surface area contributed by atoms with Gasteiger partial charge in [0.15, 0.2) is 0 Å². The third-order valence-electron chi connectivity index (χ3n) is 13.0. The molecule has 0 aromatic carbocycles. The van der Waals surface area contributed by atoms with Crippen LogP contribution in [-0.4, -0.2) is 33.5 Å². The SMILES string of the molecule is CC1(C)CC[C@]2(C(=O)O)CC[C@]3(C)C(=CC[C@H]4[C@@]5(C)CC(O)C(O)C(C)(C)[C@H]5CC[C@]43C)[C@H]2C1. The Bertz CT molecular complexity index is 919. The Balaban J connectivity index is 1.61. The van der Waals surface area contributed by atoms with Gasteiger partial charge in [0.2, 0.25) is 0 Å². The number of hydrogen-bond acceptors (Lipinski definition) is 3. The van der Waals surface area contributed by atoms with Gasteiger partial charge >= 0.3 is 5.97 Å². The highest BCUT2D eigenvalue weighted by molar-refractivity contribution is 5.76. The first-order valence-electron chi connectivity index (χ1n) is 13.9. The highest BCUT2D eigenvalue weighted by Crippen LogP contribution is 2.75. The van der Waals surface area contributed by atoms with Crippen molar-refractivity contribution in [3.63, 3.8) is 0 Å². The van der Waals surface area contributed by atoms with E-state index in [0.717, 1.165) is 51.4 Å². The van der Waals surface area contributed by atoms with Gasteiger partial charge in [-0.1, -0.05) is 60.1 Å². The van der Waals surface area contributed by atoms with Crippen molar-refractivity contribution in [1.82, 2.24) is 0 Å². The minimum absolute atomic E-state index is 0.00785. The van der Waals surface area contributed by atoms with Gasteiger partial charge in [0, 0.05) is 0 Å². The molecule has 0 heterocycles. The Morgan fingerprint density at radius 2 is 1.53 bits per heavy atom. The van der Waals surface area contributed by atoms with E-state index < -0.39 is 23.6 Å². The third kappa shape index (κ3) is 2.88. The zero-order valence-electron chi connectivity index (χ0n) is 22.6. The third-order valence-corrected chi connectivity index (χ3v) is 13.0. The predicted molar refractivity (Wildman–Crippen MR) is 134 cm³/mol. The summed E-state index contributed by atoms with van der Waals surface area (Å²) in [4.78, 5) is 12.8. The molecule has 2 unspecified atom stereocenters. The predicted octanol–water partition coefficient (Wildman–Crippen LogP) is 6.20. The largest absolute Gasteiger partial charge is 0.481 e. The quantitative estimate of drug-likeness (QED) is 0.397. The van der Waals surface area contributed by atoms with Crippen LogP contribution in [0.15, 0.2) is 11.6 Å². The van der Waals surface area contributed by atoms with Crippen LogP contribution in [0.25, 0.3) is 0 Å². The van der Waals surface area contributed by atoms with Crippen LogP contribution < -0.4 is 0 Å². The van der Waals surface area contributed by atoms with Gasteiger partial charge in [-0.3, -0.25) is 4.79 Å². The molecular formula is C30H48O4. The van der Waals surface area contributed by atoms with Crippen LogP contribution in [0.3, 0.4) is 0 Å². The molecule has 0 aromatic heterocycles. The summed E-state index contributed by atoms with van der Waals surface area (Å²) in [6.07, 6.45) is 9.45. The van der Waals surface area contributed by atoms with Crippen molar-refractivity contribution in [1.29, 1.82) is 0 Å². The molecule has 0 aromatic rings. The summed E-state index contributed by atoms with van der Waals surface area (Å²) in [7, 11) is 0. The summed E-state index contributed by atoms with van der Waals surface area (Å²) >= 11 is 0. The van der Waals surface area contributed by atoms with E-state index in [0.29, 0.717) is 18.3 Å². The monoisotopic (exact) mass is 472 g/mol. The van der Waals surface area contributed by atoms with Crippen molar-refractivity contribution < 1.29 is 20.1 Å². The van der Waals surface area contributed by atoms with Gasteiger partial charge in [0.05, 0.1) is 17.6 Å². The summed E-state index contributed by atoms with van der Waals surface area (Å²) in [6.45, 7) is 16.3. The summed E-state index contributed by atoms with van der Waals surface area (Å²) in [6, 6.07) is 0. The van der Waals surface area contributed by atoms with Gasteiger partial charge in [-0.25, -0.2) is 0 Å². The lowest BCUT2D eigenvalue weighted by molar-refractivity contribution is -0.231. The number of carboxylic acid groups (broad SMARTS) is 1. The number of fused-ring (bicyclic) bond motifs is 7. The molecule has 5 rings (SSSR count). The normalized spacial score (nSPS) is 53.4. The van der Waals surface area contributed by atoms with Crippen molar-refractivity contribution in [2.75, 3.05) is 0 Å². The fourth-order valence-electron chi connectivity index (χ4n) is 10.8. The Morgan fingerprint density at radius 1 is 0.882 bits per heavy atom. The van der Waals surface area contributed by atoms with Crippen LogP contribution in [0.5, 0.6) is 0 Å². The fraction of sp³-hybridized carbons (Fsp3) is 0.900. The maximum Gasteiger partial charge on any atom is 0.310 e. The molecule has 0 saturated heterocycles. The molecule has 0 radical (unpaired) electrons. The number of allylic oxidation sites excluding steroid dienone is 2. The molecule has 0 bridgehead atoms. The number of rotatable bonds is 1. The average Bonchev–Trinajstić information content (AvgIpc) is 2.72. The maximum atomic E-state index is 12.8. The number of aliphatic hydroxyl groups excluding tert-OH is 2. The zero-order chi connectivity index (χ0) is 25.1. The number of carbonyl (C=O) groups is 1. The zero-order valence-corrected chi connectivity index (χ0v) is 22.6. The van der Waals surface area contributed by atoms with Crippen molar-refractivity contribution in [3.8, 4) is 0 Å². The molecule has 4 nitrogen and oxygen atoms in total. The van der Waals surface area contributed by atoms with E-state index >= 15 is 0 Å². The van der Waals surface area contributed by atoms with E-state index in [1.165, 1.54) is 5.57 Å². The lowest BCUT2D eigenvalue weighted by Gasteiger charge is -2.71. The summed E-state index contributed by atoms with van der Waals surface area (Å²) in [5.41, 5.74) is 0.754. The van der Waals surface area contributed by atoms with Crippen LogP contribution in [0.4, 0.5) is 0 Å². The van der Waals surface area contributed by atoms with E-state index in [2.05, 4.69) is 54.5 Å². The van der Waals surface area contributed by atoms with Crippen LogP contribution in [0, 0.1) is 50.2 Å². The van der Waals surface area contributed by atoms with E-state index in [1.54, 1.807) is 0 Å². The Morgan fingerprint density at radius 3 is 2.18 bits per heavy atom. The standard InChI is InChI=1S/C30H48O4/c1-25(2)12-14-30(24(33)34)15-13-28(6)18(19(30)16-25)8-9-22-27(5)17-20(31)23(32)26(3,4)21(27)10-11-29(22,28)7/h8,19-23,31-32H,9-17H2,1-7H3,(H,33,34)/t19-,20?,21-,22+,23?,27+,28-,29-,30+/m1/s1. The summed E-state index contributed by atoms with van der Waals surface area (Å²) in [5.74, 6) is 0.365. The van der Waals surface area contributed by atoms with Gasteiger partial charge < -0.3 is 15.3 Å². The number of carboxylic acids is 1. The van der Waals surface area contributed by atoms with E-state index in [9.17, 15) is 20.1 Å². The number of aliphatic carboxylic acids is 1. The first kappa shape index (κ1) is 24.8. The van der Waals surface area contributed by atoms with E-state index in [1.807, 2.05) is 0 Å². The van der Waals surface area contributed by atoms with Crippen molar-refractivity contribution in [2.45, 2.75) is 118 Å². The summed E-state index contributed by atoms with van der Waals surface area (Å²) in [5, 5.41) is 32.4. The molecule has 5 aliphatic rings. The van der Waals surface area contributed by atoms with E-state index in [4.69, 9.17) is 0 Å². The first-order valence-corrected chi connectivity index (χ1v) is 13.9. The molecule has 0 aliphatic heterocycles. The fourth-order valence-corrected chi connectivity index (χ4v) is 10.8. The average molecular weight is 473 g/mol. The second kappa shape index (κ2) is 7.12. The van der Waals surface area contributed by atoms with Crippen LogP contribution in [0.2, 0.25) is 0 Å². The van der Waals surface area contributed by atoms with Gasteiger partial charge in [-0.15, -0.1) is 0 Å². The second-order valence-corrected chi connectivity index (χ2v) is 15.2. The topological polar surface area (TPSA) is 77.8 Å². The molecule has 5 aliphatic carbocycles. The molecule has 9 atom stereocenters. The molecule has 3 N–H and O–H groups in total. The molecule has 34 heavy (non-hydrogen) atoms. The highest BCUT2D eigenvalue weighted by Gasteiger charge is 2.70. The first-order chi connectivity index (χ1) is 15.6. The van der Waals surface area contributed by atoms with Crippen LogP contribution >= 0.6 is 0 Å². The Hall–Kier alpha value is -0.870. The van der Waals surface area contributed by atoms with Crippen molar-refractivity contribution in [2.24, 2.45) is 50.2 Å². The number of hydrogen-bond donors (Lipinski definition) is 3. The van der Waals surface area contributed by atoms with Crippen molar-refractivity contribution in [3.05, 3.63) is 11.6 Å². The highest BCUT2D eigenvalue weighted by atomic mass is 16.4. The molecule has 192 valence electrons. The van der Waals surface area contributed by atoms with Crippen LogP contribution in [-0.2, 0) is 4.79 Å². The molecule has 0 amide bonds. The van der Waals surface area contributed by atoms with Gasteiger partial charge in [-0.05, 0) is 103 Å². The molecular weight excluding hydrogens is 424 g/mol. The van der Waals surface area contributed by atoms with Gasteiger partial charge in [0.1, 0.15) is 0 Å². The molecule has 4 fully saturated rings. The Kier molecular flexibility index (Phi) is 5.20. The van der Waals surface area contributed by atoms with E-state index in [-0.39, 0.29) is 33.0 Å². The maximum absolute atomic E-state index is 12.8.